The molecule has 2 N–H and O–H groups in total. The summed E-state index contributed by atoms with van der Waals surface area (Å²) in [5, 5.41) is 0. The molecule has 1 aromatic rings. The van der Waals surface area contributed by atoms with Crippen LogP contribution >= 0.6 is 0 Å². The van der Waals surface area contributed by atoms with Gasteiger partial charge in [-0.25, -0.2) is 4.98 Å². The number of pyridine rings is 1. The number of hydrogen-bond acceptors (Lipinski definition) is 3. The fourth-order valence-corrected chi connectivity index (χ4v) is 3.24. The van der Waals surface area contributed by atoms with E-state index in [1.807, 2.05) is 11.0 Å². The average molecular weight is 289 g/mol. The third-order valence-corrected chi connectivity index (χ3v) is 4.27. The zero-order valence-electron chi connectivity index (χ0n) is 13.3. The van der Waals surface area contributed by atoms with Gasteiger partial charge in [-0.1, -0.05) is 32.6 Å². The van der Waals surface area contributed by atoms with Crippen LogP contribution in [0.1, 0.15) is 68.4 Å². The summed E-state index contributed by atoms with van der Waals surface area (Å²) in [7, 11) is 0. The lowest BCUT2D eigenvalue weighted by Crippen LogP contribution is -2.41. The van der Waals surface area contributed by atoms with Gasteiger partial charge in [-0.05, 0) is 38.3 Å². The first kappa shape index (κ1) is 15.8. The van der Waals surface area contributed by atoms with Gasteiger partial charge < -0.3 is 10.6 Å². The predicted molar refractivity (Wildman–Crippen MR) is 86.2 cm³/mol. The van der Waals surface area contributed by atoms with Crippen molar-refractivity contribution in [3.63, 3.8) is 0 Å². The smallest absolute Gasteiger partial charge is 0.254 e. The average Bonchev–Trinajstić information content (AvgIpc) is 2.49. The first-order valence-electron chi connectivity index (χ1n) is 8.23. The number of anilines is 1. The zero-order chi connectivity index (χ0) is 15.2. The van der Waals surface area contributed by atoms with E-state index in [0.29, 0.717) is 17.4 Å². The molecular weight excluding hydrogens is 262 g/mol. The Morgan fingerprint density at radius 2 is 2.00 bits per heavy atom. The van der Waals surface area contributed by atoms with Crippen LogP contribution in [0, 0.1) is 0 Å². The second-order valence-corrected chi connectivity index (χ2v) is 5.91. The van der Waals surface area contributed by atoms with Crippen LogP contribution in [0.5, 0.6) is 0 Å². The third-order valence-electron chi connectivity index (χ3n) is 4.27. The molecule has 116 valence electrons. The Hall–Kier alpha value is -1.58. The summed E-state index contributed by atoms with van der Waals surface area (Å²) in [5.74, 6) is 0.555. The van der Waals surface area contributed by atoms with Gasteiger partial charge in [0.2, 0.25) is 0 Å². The van der Waals surface area contributed by atoms with Crippen molar-refractivity contribution >= 4 is 11.7 Å². The van der Waals surface area contributed by atoms with Crippen molar-refractivity contribution in [3.05, 3.63) is 23.4 Å². The first-order chi connectivity index (χ1) is 10.2. The van der Waals surface area contributed by atoms with E-state index >= 15 is 0 Å². The van der Waals surface area contributed by atoms with Crippen molar-refractivity contribution in [1.82, 2.24) is 9.88 Å². The van der Waals surface area contributed by atoms with Crippen LogP contribution in [0.3, 0.4) is 0 Å². The van der Waals surface area contributed by atoms with Crippen molar-refractivity contribution < 1.29 is 4.79 Å². The van der Waals surface area contributed by atoms with Crippen LogP contribution in [-0.2, 0) is 6.42 Å². The fraction of sp³-hybridized carbons (Fsp3) is 0.647. The Bertz CT molecular complexity index is 481. The van der Waals surface area contributed by atoms with Crippen LogP contribution in [0.15, 0.2) is 12.1 Å². The third kappa shape index (κ3) is 3.96. The molecule has 0 bridgehead atoms. The maximum Gasteiger partial charge on any atom is 0.254 e. The Balaban J connectivity index is 2.20. The summed E-state index contributed by atoms with van der Waals surface area (Å²) in [6.07, 6.45) is 7.88. The molecule has 1 aliphatic carbocycles. The lowest BCUT2D eigenvalue weighted by Gasteiger charge is -2.33. The summed E-state index contributed by atoms with van der Waals surface area (Å²) in [6.45, 7) is 4.92. The normalized spacial score (nSPS) is 15.9. The molecule has 4 heteroatoms. The number of carbonyl (C=O) groups is 1. The van der Waals surface area contributed by atoms with Crippen molar-refractivity contribution in [2.75, 3.05) is 12.3 Å². The molecule has 0 unspecified atom stereocenters. The summed E-state index contributed by atoms with van der Waals surface area (Å²) < 4.78 is 0. The van der Waals surface area contributed by atoms with E-state index in [9.17, 15) is 4.79 Å². The molecule has 0 aliphatic heterocycles. The maximum atomic E-state index is 12.8. The van der Waals surface area contributed by atoms with E-state index in [-0.39, 0.29) is 5.91 Å². The molecule has 4 nitrogen and oxygen atoms in total. The SMILES string of the molecule is CCCc1cc(C(=O)N(CC)C2CCCCC2)cc(N)n1. The highest BCUT2D eigenvalue weighted by Crippen LogP contribution is 2.24. The molecule has 0 atom stereocenters. The first-order valence-corrected chi connectivity index (χ1v) is 8.23. The summed E-state index contributed by atoms with van der Waals surface area (Å²) >= 11 is 0. The Morgan fingerprint density at radius 3 is 2.62 bits per heavy atom. The number of carbonyl (C=O) groups excluding carboxylic acids is 1. The van der Waals surface area contributed by atoms with Crippen molar-refractivity contribution in [2.45, 2.75) is 64.8 Å². The van der Waals surface area contributed by atoms with Gasteiger partial charge in [-0.3, -0.25) is 4.79 Å². The second-order valence-electron chi connectivity index (χ2n) is 5.91. The van der Waals surface area contributed by atoms with Crippen LogP contribution in [0.2, 0.25) is 0 Å². The number of amides is 1. The molecule has 0 saturated heterocycles. The Morgan fingerprint density at radius 1 is 1.29 bits per heavy atom. The summed E-state index contributed by atoms with van der Waals surface area (Å²) in [5.41, 5.74) is 7.48. The van der Waals surface area contributed by atoms with E-state index in [0.717, 1.165) is 37.9 Å². The number of nitrogens with zero attached hydrogens (tertiary/aromatic N) is 2. The number of rotatable bonds is 5. The van der Waals surface area contributed by atoms with Gasteiger partial charge >= 0.3 is 0 Å². The minimum atomic E-state index is 0.107. The van der Waals surface area contributed by atoms with E-state index in [1.165, 1.54) is 19.3 Å². The molecular formula is C17H27N3O. The topological polar surface area (TPSA) is 59.2 Å². The quantitative estimate of drug-likeness (QED) is 0.903. The van der Waals surface area contributed by atoms with Crippen LogP contribution < -0.4 is 5.73 Å². The van der Waals surface area contributed by atoms with Gasteiger partial charge in [-0.15, -0.1) is 0 Å². The molecule has 1 aromatic heterocycles. The fourth-order valence-electron chi connectivity index (χ4n) is 3.24. The van der Waals surface area contributed by atoms with Gasteiger partial charge in [0.05, 0.1) is 0 Å². The molecule has 1 heterocycles. The summed E-state index contributed by atoms with van der Waals surface area (Å²) in [6, 6.07) is 4.01. The highest BCUT2D eigenvalue weighted by molar-refractivity contribution is 5.95. The van der Waals surface area contributed by atoms with Crippen molar-refractivity contribution in [2.24, 2.45) is 0 Å². The van der Waals surface area contributed by atoms with E-state index in [4.69, 9.17) is 5.73 Å². The Kier molecular flexibility index (Phi) is 5.59. The van der Waals surface area contributed by atoms with Gasteiger partial charge in [-0.2, -0.15) is 0 Å². The maximum absolute atomic E-state index is 12.8. The lowest BCUT2D eigenvalue weighted by atomic mass is 9.93. The molecule has 1 saturated carbocycles. The van der Waals surface area contributed by atoms with E-state index < -0.39 is 0 Å². The Labute approximate surface area is 127 Å². The zero-order valence-corrected chi connectivity index (χ0v) is 13.3. The van der Waals surface area contributed by atoms with Gasteiger partial charge in [0.1, 0.15) is 5.82 Å². The lowest BCUT2D eigenvalue weighted by molar-refractivity contribution is 0.0647. The predicted octanol–water partition coefficient (Wildman–Crippen LogP) is 3.41. The van der Waals surface area contributed by atoms with E-state index in [2.05, 4.69) is 18.8 Å². The molecule has 1 amide bonds. The van der Waals surface area contributed by atoms with Crippen LogP contribution in [0.25, 0.3) is 0 Å². The number of aromatic nitrogens is 1. The van der Waals surface area contributed by atoms with Crippen LogP contribution in [0.4, 0.5) is 5.82 Å². The van der Waals surface area contributed by atoms with Gasteiger partial charge in [0, 0.05) is 23.8 Å². The monoisotopic (exact) mass is 289 g/mol. The second kappa shape index (κ2) is 7.43. The number of nitrogens with two attached hydrogens (primary N) is 1. The van der Waals surface area contributed by atoms with Crippen molar-refractivity contribution in [3.8, 4) is 0 Å². The standard InChI is InChI=1S/C17H27N3O/c1-3-8-14-11-13(12-16(18)19-14)17(21)20(4-2)15-9-6-5-7-10-15/h11-12,15H,3-10H2,1-2H3,(H2,18,19). The number of aryl methyl sites for hydroxylation is 1. The van der Waals surface area contributed by atoms with Crippen LogP contribution in [-0.4, -0.2) is 28.4 Å². The molecule has 21 heavy (non-hydrogen) atoms. The van der Waals surface area contributed by atoms with Gasteiger partial charge in [0.25, 0.3) is 5.91 Å². The van der Waals surface area contributed by atoms with E-state index in [1.54, 1.807) is 6.07 Å². The number of nitrogen functional groups attached to an aromatic ring is 1. The molecule has 0 aromatic carbocycles. The molecule has 2 rings (SSSR count). The molecule has 1 fully saturated rings. The highest BCUT2D eigenvalue weighted by Gasteiger charge is 2.25. The highest BCUT2D eigenvalue weighted by atomic mass is 16.2. The molecule has 0 spiro atoms. The largest absolute Gasteiger partial charge is 0.384 e. The molecule has 0 radical (unpaired) electrons. The molecule has 1 aliphatic rings. The minimum absolute atomic E-state index is 0.107. The van der Waals surface area contributed by atoms with Crippen molar-refractivity contribution in [1.29, 1.82) is 0 Å². The minimum Gasteiger partial charge on any atom is -0.384 e. The van der Waals surface area contributed by atoms with Gasteiger partial charge in [0.15, 0.2) is 0 Å². The summed E-state index contributed by atoms with van der Waals surface area (Å²) in [4.78, 5) is 19.2. The number of hydrogen-bond donors (Lipinski definition) is 1.